The van der Waals surface area contributed by atoms with E-state index in [-0.39, 0.29) is 46.4 Å². The molecule has 9 nitrogen and oxygen atoms in total. The van der Waals surface area contributed by atoms with Gasteiger partial charge < -0.3 is 5.11 Å². The van der Waals surface area contributed by atoms with Gasteiger partial charge in [-0.3, -0.25) is 23.3 Å². The number of rotatable bonds is 3. The number of hydrogen-bond donors (Lipinski definition) is 1. The van der Waals surface area contributed by atoms with Crippen LogP contribution in [0.3, 0.4) is 0 Å². The third-order valence-corrected chi connectivity index (χ3v) is 6.22. The molecule has 0 radical (unpaired) electrons. The maximum atomic E-state index is 13.7. The summed E-state index contributed by atoms with van der Waals surface area (Å²) < 4.78 is 5.01. The van der Waals surface area contributed by atoms with E-state index >= 15 is 0 Å². The van der Waals surface area contributed by atoms with Crippen LogP contribution in [0.4, 0.5) is 0 Å². The van der Waals surface area contributed by atoms with Gasteiger partial charge in [0.2, 0.25) is 11.7 Å². The summed E-state index contributed by atoms with van der Waals surface area (Å²) in [6, 6.07) is 9.44. The molecule has 164 valence electrons. The SMILES string of the molecule is Cn1c(=O)c2c(nc3n(Cc4ccccc4)c(=O)c(C4C=CCCC4)c(O)n23)n(C)c1=O. The van der Waals surface area contributed by atoms with Gasteiger partial charge in [0.15, 0.2) is 11.2 Å². The van der Waals surface area contributed by atoms with Crippen LogP contribution in [0.2, 0.25) is 0 Å². The fraction of sp³-hybridized carbons (Fsp3) is 0.304. The third-order valence-electron chi connectivity index (χ3n) is 6.22. The molecule has 1 unspecified atom stereocenters. The predicted octanol–water partition coefficient (Wildman–Crippen LogP) is 1.62. The van der Waals surface area contributed by atoms with E-state index in [0.29, 0.717) is 0 Å². The molecule has 3 heterocycles. The summed E-state index contributed by atoms with van der Waals surface area (Å²) in [4.78, 5) is 43.6. The van der Waals surface area contributed by atoms with Crippen LogP contribution >= 0.6 is 0 Å². The summed E-state index contributed by atoms with van der Waals surface area (Å²) in [7, 11) is 2.89. The summed E-state index contributed by atoms with van der Waals surface area (Å²) in [6.07, 6.45) is 6.49. The Kier molecular flexibility index (Phi) is 4.61. The zero-order chi connectivity index (χ0) is 22.6. The molecule has 1 aromatic carbocycles. The highest BCUT2D eigenvalue weighted by Crippen LogP contribution is 2.32. The number of aromatic hydroxyl groups is 1. The van der Waals surface area contributed by atoms with Crippen LogP contribution in [-0.4, -0.2) is 28.2 Å². The highest BCUT2D eigenvalue weighted by atomic mass is 16.3. The molecular weight excluding hydrogens is 410 g/mol. The first-order valence-corrected chi connectivity index (χ1v) is 10.5. The number of imidazole rings is 1. The van der Waals surface area contributed by atoms with E-state index in [1.165, 1.54) is 27.6 Å². The molecule has 0 saturated carbocycles. The van der Waals surface area contributed by atoms with Crippen LogP contribution in [0.5, 0.6) is 5.88 Å². The lowest BCUT2D eigenvalue weighted by Crippen LogP contribution is -2.37. The minimum absolute atomic E-state index is 0.0601. The van der Waals surface area contributed by atoms with Crippen molar-refractivity contribution in [3.63, 3.8) is 0 Å². The van der Waals surface area contributed by atoms with Crippen molar-refractivity contribution in [1.82, 2.24) is 23.1 Å². The van der Waals surface area contributed by atoms with Gasteiger partial charge >= 0.3 is 5.69 Å². The maximum Gasteiger partial charge on any atom is 0.332 e. The largest absolute Gasteiger partial charge is 0.494 e. The van der Waals surface area contributed by atoms with Gasteiger partial charge in [-0.05, 0) is 24.8 Å². The second kappa shape index (κ2) is 7.37. The van der Waals surface area contributed by atoms with Crippen LogP contribution in [0, 0.1) is 0 Å². The Morgan fingerprint density at radius 1 is 1.06 bits per heavy atom. The summed E-state index contributed by atoms with van der Waals surface area (Å²) >= 11 is 0. The molecule has 5 rings (SSSR count). The van der Waals surface area contributed by atoms with Gasteiger partial charge in [-0.15, -0.1) is 0 Å². The van der Waals surface area contributed by atoms with Crippen LogP contribution in [-0.2, 0) is 20.6 Å². The Labute approximate surface area is 182 Å². The zero-order valence-electron chi connectivity index (χ0n) is 17.9. The molecule has 1 aliphatic rings. The first-order valence-electron chi connectivity index (χ1n) is 10.5. The Morgan fingerprint density at radius 3 is 2.50 bits per heavy atom. The van der Waals surface area contributed by atoms with E-state index in [1.807, 2.05) is 42.5 Å². The van der Waals surface area contributed by atoms with Gasteiger partial charge in [0.25, 0.3) is 11.1 Å². The molecule has 4 aromatic rings. The monoisotopic (exact) mass is 433 g/mol. The van der Waals surface area contributed by atoms with E-state index in [2.05, 4.69) is 4.98 Å². The number of nitrogens with zero attached hydrogens (tertiary/aromatic N) is 5. The van der Waals surface area contributed by atoms with Crippen molar-refractivity contribution >= 4 is 16.9 Å². The molecule has 1 atom stereocenters. The molecule has 1 N–H and O–H groups in total. The van der Waals surface area contributed by atoms with Gasteiger partial charge in [0.05, 0.1) is 12.1 Å². The topological polar surface area (TPSA) is 104 Å². The lowest BCUT2D eigenvalue weighted by molar-refractivity contribution is 0.427. The van der Waals surface area contributed by atoms with Gasteiger partial charge in [-0.2, -0.15) is 4.98 Å². The molecule has 0 amide bonds. The average molecular weight is 433 g/mol. The Hall–Kier alpha value is -3.88. The summed E-state index contributed by atoms with van der Waals surface area (Å²) in [5.74, 6) is -0.450. The molecule has 3 aromatic heterocycles. The van der Waals surface area contributed by atoms with Crippen molar-refractivity contribution in [1.29, 1.82) is 0 Å². The van der Waals surface area contributed by atoms with Crippen molar-refractivity contribution < 1.29 is 5.11 Å². The molecule has 0 spiro atoms. The van der Waals surface area contributed by atoms with E-state index in [4.69, 9.17) is 0 Å². The van der Waals surface area contributed by atoms with E-state index in [1.54, 1.807) is 0 Å². The smallest absolute Gasteiger partial charge is 0.332 e. The van der Waals surface area contributed by atoms with Crippen molar-refractivity contribution in [2.45, 2.75) is 31.7 Å². The molecule has 1 aliphatic carbocycles. The number of allylic oxidation sites excluding steroid dienone is 2. The molecule has 0 saturated heterocycles. The predicted molar refractivity (Wildman–Crippen MR) is 120 cm³/mol. The van der Waals surface area contributed by atoms with E-state index in [0.717, 1.165) is 29.4 Å². The maximum absolute atomic E-state index is 13.7. The molecule has 0 fully saturated rings. The summed E-state index contributed by atoms with van der Waals surface area (Å²) in [6.45, 7) is 0.213. The van der Waals surface area contributed by atoms with Crippen molar-refractivity contribution in [2.24, 2.45) is 14.1 Å². The normalized spacial score (nSPS) is 16.2. The molecule has 9 heteroatoms. The number of fused-ring (bicyclic) bond motifs is 3. The second-order valence-electron chi connectivity index (χ2n) is 8.20. The standard InChI is InChI=1S/C23H23N5O4/c1-25-18-17(21(31)26(2)23(25)32)28-20(30)16(15-11-7-4-8-12-15)19(29)27(22(28)24-18)13-14-9-5-3-6-10-14/h3,5-7,9-11,15,30H,4,8,12-13H2,1-2H3. The molecular formula is C23H23N5O4. The number of aromatic nitrogens is 5. The van der Waals surface area contributed by atoms with Gasteiger partial charge in [-0.1, -0.05) is 42.5 Å². The highest BCUT2D eigenvalue weighted by molar-refractivity contribution is 5.76. The van der Waals surface area contributed by atoms with Gasteiger partial charge in [-0.25, -0.2) is 9.20 Å². The minimum atomic E-state index is -0.582. The third kappa shape index (κ3) is 2.84. The van der Waals surface area contributed by atoms with Crippen LogP contribution in [0.25, 0.3) is 16.9 Å². The van der Waals surface area contributed by atoms with Crippen LogP contribution < -0.4 is 16.8 Å². The lowest BCUT2D eigenvalue weighted by Gasteiger charge is -2.20. The van der Waals surface area contributed by atoms with Gasteiger partial charge in [0, 0.05) is 20.0 Å². The average Bonchev–Trinajstić information content (AvgIpc) is 3.22. The van der Waals surface area contributed by atoms with E-state index in [9.17, 15) is 19.5 Å². The minimum Gasteiger partial charge on any atom is -0.494 e. The Morgan fingerprint density at radius 2 is 1.81 bits per heavy atom. The molecule has 32 heavy (non-hydrogen) atoms. The highest BCUT2D eigenvalue weighted by Gasteiger charge is 2.28. The fourth-order valence-electron chi connectivity index (χ4n) is 4.50. The lowest BCUT2D eigenvalue weighted by atomic mass is 9.90. The number of aryl methyl sites for hydroxylation is 1. The van der Waals surface area contributed by atoms with Crippen molar-refractivity contribution in [3.05, 3.63) is 84.8 Å². The van der Waals surface area contributed by atoms with Gasteiger partial charge in [0.1, 0.15) is 0 Å². The van der Waals surface area contributed by atoms with Crippen LogP contribution in [0.15, 0.2) is 56.9 Å². The van der Waals surface area contributed by atoms with Crippen molar-refractivity contribution in [2.75, 3.05) is 0 Å². The quantitative estimate of drug-likeness (QED) is 0.495. The molecule has 0 bridgehead atoms. The zero-order valence-corrected chi connectivity index (χ0v) is 17.9. The van der Waals surface area contributed by atoms with Crippen LogP contribution in [0.1, 0.15) is 36.3 Å². The number of hydrogen-bond acceptors (Lipinski definition) is 5. The summed E-state index contributed by atoms with van der Waals surface area (Å²) in [5, 5.41) is 11.3. The Balaban J connectivity index is 1.96. The molecule has 0 aliphatic heterocycles. The first kappa shape index (κ1) is 20.0. The van der Waals surface area contributed by atoms with E-state index < -0.39 is 11.2 Å². The fourth-order valence-corrected chi connectivity index (χ4v) is 4.50. The Bertz CT molecular complexity index is 1570. The first-order chi connectivity index (χ1) is 15.4. The second-order valence-corrected chi connectivity index (χ2v) is 8.20. The van der Waals surface area contributed by atoms with Crippen molar-refractivity contribution in [3.8, 4) is 5.88 Å². The summed E-state index contributed by atoms with van der Waals surface area (Å²) in [5.41, 5.74) is -0.178. The number of benzene rings is 1.